The van der Waals surface area contributed by atoms with Crippen LogP contribution in [-0.2, 0) is 22.8 Å². The highest BCUT2D eigenvalue weighted by Gasteiger charge is 2.23. The van der Waals surface area contributed by atoms with Crippen LogP contribution in [0.25, 0.3) is 10.9 Å². The van der Waals surface area contributed by atoms with E-state index in [1.54, 1.807) is 24.3 Å². The van der Waals surface area contributed by atoms with Crippen molar-refractivity contribution in [2.24, 2.45) is 0 Å². The average Bonchev–Trinajstić information content (AvgIpc) is 2.89. The van der Waals surface area contributed by atoms with Gasteiger partial charge in [0.05, 0.1) is 10.4 Å². The summed E-state index contributed by atoms with van der Waals surface area (Å²) < 4.78 is 53.3. The Morgan fingerprint density at radius 1 is 1.15 bits per heavy atom. The first-order valence-corrected chi connectivity index (χ1v) is 10.3. The van der Waals surface area contributed by atoms with Crippen LogP contribution < -0.4 is 0 Å². The van der Waals surface area contributed by atoms with Gasteiger partial charge in [-0.25, -0.2) is 17.2 Å². The molecule has 6 heteroatoms. The lowest BCUT2D eigenvalue weighted by molar-refractivity contribution is 0.586. The Bertz CT molecular complexity index is 1100. The Balaban J connectivity index is 1.84. The van der Waals surface area contributed by atoms with Gasteiger partial charge in [0.25, 0.3) is 0 Å². The highest BCUT2D eigenvalue weighted by atomic mass is 32.2. The van der Waals surface area contributed by atoms with Crippen molar-refractivity contribution in [3.05, 3.63) is 71.3 Å². The molecule has 3 nitrogen and oxygen atoms in total. The van der Waals surface area contributed by atoms with Crippen molar-refractivity contribution in [3.8, 4) is 0 Å². The predicted octanol–water partition coefficient (Wildman–Crippen LogP) is 4.14. The van der Waals surface area contributed by atoms with E-state index in [1.165, 1.54) is 6.07 Å². The van der Waals surface area contributed by atoms with E-state index in [0.29, 0.717) is 17.4 Å². The zero-order valence-electron chi connectivity index (χ0n) is 14.2. The molecular weight excluding hydrogens is 356 g/mol. The number of sulfone groups is 1. The maximum absolute atomic E-state index is 14.5. The van der Waals surface area contributed by atoms with E-state index in [4.69, 9.17) is 0 Å². The van der Waals surface area contributed by atoms with Crippen molar-refractivity contribution in [2.75, 3.05) is 6.26 Å². The number of fused-ring (bicyclic) bond motifs is 3. The van der Waals surface area contributed by atoms with Crippen molar-refractivity contribution in [1.29, 1.82) is 0 Å². The molecule has 1 aliphatic carbocycles. The quantitative estimate of drug-likeness (QED) is 0.692. The molecule has 1 aliphatic rings. The first kappa shape index (κ1) is 17.2. The van der Waals surface area contributed by atoms with Crippen molar-refractivity contribution in [1.82, 2.24) is 4.57 Å². The molecule has 2 radical (unpaired) electrons. The number of hydrogen-bond donors (Lipinski definition) is 0. The smallest absolute Gasteiger partial charge is 0.175 e. The zero-order chi connectivity index (χ0) is 18.5. The average molecular weight is 373 g/mol. The van der Waals surface area contributed by atoms with Gasteiger partial charge in [0, 0.05) is 36.4 Å². The van der Waals surface area contributed by atoms with Crippen LogP contribution in [0.2, 0.25) is 0 Å². The van der Waals surface area contributed by atoms with Gasteiger partial charge in [-0.05, 0) is 48.6 Å². The molecule has 0 bridgehead atoms. The molecule has 0 saturated heterocycles. The Morgan fingerprint density at radius 2 is 1.88 bits per heavy atom. The van der Waals surface area contributed by atoms with Crippen LogP contribution in [-0.4, -0.2) is 19.2 Å². The molecule has 2 aromatic carbocycles. The zero-order valence-corrected chi connectivity index (χ0v) is 15.0. The monoisotopic (exact) mass is 373 g/mol. The summed E-state index contributed by atoms with van der Waals surface area (Å²) in [6.45, 7) is 0.366. The number of hydrogen-bond acceptors (Lipinski definition) is 2. The van der Waals surface area contributed by atoms with Crippen molar-refractivity contribution >= 4 is 20.7 Å². The van der Waals surface area contributed by atoms with E-state index in [9.17, 15) is 17.2 Å². The maximum Gasteiger partial charge on any atom is 0.175 e. The summed E-state index contributed by atoms with van der Waals surface area (Å²) in [6, 6.07) is 8.82. The van der Waals surface area contributed by atoms with Crippen LogP contribution in [0.5, 0.6) is 0 Å². The lowest BCUT2D eigenvalue weighted by Gasteiger charge is -2.15. The van der Waals surface area contributed by atoms with Gasteiger partial charge in [0.1, 0.15) is 11.6 Å². The molecule has 0 amide bonds. The molecule has 4 rings (SSSR count). The van der Waals surface area contributed by atoms with Gasteiger partial charge >= 0.3 is 0 Å². The number of aromatic nitrogens is 1. The van der Waals surface area contributed by atoms with Gasteiger partial charge in [-0.15, -0.1) is 0 Å². The molecule has 0 atom stereocenters. The summed E-state index contributed by atoms with van der Waals surface area (Å²) in [5.74, 6) is -1.18. The largest absolute Gasteiger partial charge is 0.337 e. The summed E-state index contributed by atoms with van der Waals surface area (Å²) in [5, 5.41) is 0.595. The molecule has 0 aliphatic heterocycles. The van der Waals surface area contributed by atoms with Crippen molar-refractivity contribution in [2.45, 2.75) is 30.7 Å². The molecule has 0 saturated carbocycles. The van der Waals surface area contributed by atoms with Crippen molar-refractivity contribution in [3.63, 3.8) is 0 Å². The number of nitrogens with zero attached hydrogens (tertiary/aromatic N) is 1. The number of halogens is 2. The second kappa shape index (κ2) is 6.20. The molecule has 1 heterocycles. The summed E-state index contributed by atoms with van der Waals surface area (Å²) in [6.07, 6.45) is 6.91. The Kier molecular flexibility index (Phi) is 4.10. The molecule has 0 spiro atoms. The fraction of sp³-hybridized carbons (Fsp3) is 0.250. The summed E-state index contributed by atoms with van der Waals surface area (Å²) in [5.41, 5.74) is 2.95. The van der Waals surface area contributed by atoms with Crippen LogP contribution in [0.1, 0.15) is 29.7 Å². The first-order chi connectivity index (χ1) is 12.3. The van der Waals surface area contributed by atoms with Gasteiger partial charge in [-0.2, -0.15) is 0 Å². The molecule has 0 unspecified atom stereocenters. The van der Waals surface area contributed by atoms with Crippen LogP contribution in [0.4, 0.5) is 8.78 Å². The van der Waals surface area contributed by atoms with Crippen LogP contribution in [0.15, 0.2) is 41.3 Å². The SMILES string of the molecule is CS(=O)(=O)c1ccc(Cn2c3c(c4cc(F)cc(F)c42)CCC[C]3)cc1. The number of rotatable bonds is 3. The topological polar surface area (TPSA) is 39.1 Å². The lowest BCUT2D eigenvalue weighted by Crippen LogP contribution is -2.08. The standard InChI is InChI=1S/C20H17F2NO2S/c1-26(24,25)15-8-6-13(7-9-15)12-23-19-5-3-2-4-16(19)17-10-14(21)11-18(22)20(17)23/h6-11H,2-4,12H2,1H3. The second-order valence-corrected chi connectivity index (χ2v) is 8.66. The minimum absolute atomic E-state index is 0.243. The minimum Gasteiger partial charge on any atom is -0.337 e. The van der Waals surface area contributed by atoms with Crippen molar-refractivity contribution < 1.29 is 17.2 Å². The molecule has 26 heavy (non-hydrogen) atoms. The van der Waals surface area contributed by atoms with E-state index in [2.05, 4.69) is 6.42 Å². The van der Waals surface area contributed by atoms with Gasteiger partial charge in [-0.3, -0.25) is 0 Å². The molecule has 3 aromatic rings. The number of aryl methyl sites for hydroxylation is 1. The van der Waals surface area contributed by atoms with Crippen LogP contribution in [0.3, 0.4) is 0 Å². The Labute approximate surface area is 151 Å². The highest BCUT2D eigenvalue weighted by molar-refractivity contribution is 7.90. The van der Waals surface area contributed by atoms with Gasteiger partial charge in [0.2, 0.25) is 0 Å². The molecule has 0 N–H and O–H groups in total. The molecule has 134 valence electrons. The van der Waals surface area contributed by atoms with Crippen LogP contribution in [0, 0.1) is 18.1 Å². The Hall–Kier alpha value is -2.21. The van der Waals surface area contributed by atoms with E-state index in [1.807, 2.05) is 4.57 Å². The molecular formula is C20H17F2NO2S. The normalized spacial score (nSPS) is 14.6. The van der Waals surface area contributed by atoms with Crippen LogP contribution >= 0.6 is 0 Å². The van der Waals surface area contributed by atoms with Gasteiger partial charge in [0.15, 0.2) is 9.84 Å². The third-order valence-corrected chi connectivity index (χ3v) is 5.90. The van der Waals surface area contributed by atoms with E-state index < -0.39 is 21.5 Å². The molecule has 1 aromatic heterocycles. The second-order valence-electron chi connectivity index (χ2n) is 6.64. The summed E-state index contributed by atoms with van der Waals surface area (Å²) in [4.78, 5) is 0.243. The fourth-order valence-electron chi connectivity index (χ4n) is 3.58. The summed E-state index contributed by atoms with van der Waals surface area (Å²) in [7, 11) is -3.26. The number of benzene rings is 2. The Morgan fingerprint density at radius 3 is 2.58 bits per heavy atom. The maximum atomic E-state index is 14.5. The lowest BCUT2D eigenvalue weighted by atomic mass is 9.95. The third kappa shape index (κ3) is 2.92. The fourth-order valence-corrected chi connectivity index (χ4v) is 4.21. The minimum atomic E-state index is -3.26. The summed E-state index contributed by atoms with van der Waals surface area (Å²) >= 11 is 0. The van der Waals surface area contributed by atoms with Gasteiger partial charge in [-0.1, -0.05) is 12.1 Å². The third-order valence-electron chi connectivity index (χ3n) is 4.77. The predicted molar refractivity (Wildman–Crippen MR) is 95.8 cm³/mol. The van der Waals surface area contributed by atoms with E-state index >= 15 is 0 Å². The van der Waals surface area contributed by atoms with Gasteiger partial charge < -0.3 is 4.57 Å². The highest BCUT2D eigenvalue weighted by Crippen LogP contribution is 2.35. The van der Waals surface area contributed by atoms with E-state index in [0.717, 1.165) is 48.4 Å². The molecule has 0 fully saturated rings. The first-order valence-electron chi connectivity index (χ1n) is 8.37. The van der Waals surface area contributed by atoms with E-state index in [-0.39, 0.29) is 4.90 Å².